The summed E-state index contributed by atoms with van der Waals surface area (Å²) in [4.78, 5) is 12.4. The van der Waals surface area contributed by atoms with Crippen LogP contribution < -0.4 is 14.8 Å². The maximum atomic E-state index is 13.2. The van der Waals surface area contributed by atoms with Gasteiger partial charge in [0.2, 0.25) is 10.0 Å². The Morgan fingerprint density at radius 2 is 1.77 bits per heavy atom. The summed E-state index contributed by atoms with van der Waals surface area (Å²) in [5.74, 6) is 0.429. The molecule has 3 rings (SSSR count). The molecule has 1 heterocycles. The quantitative estimate of drug-likeness (QED) is 0.629. The number of hydrogen-bond acceptors (Lipinski definition) is 5. The van der Waals surface area contributed by atoms with Crippen molar-refractivity contribution in [3.8, 4) is 11.5 Å². The average molecular weight is 467 g/mol. The summed E-state index contributed by atoms with van der Waals surface area (Å²) in [7, 11) is -3.72. The van der Waals surface area contributed by atoms with Crippen LogP contribution in [0.4, 0.5) is 5.69 Å². The molecule has 2 aromatic rings. The highest BCUT2D eigenvalue weighted by atomic mass is 35.5. The van der Waals surface area contributed by atoms with Gasteiger partial charge in [-0.2, -0.15) is 4.31 Å². The van der Waals surface area contributed by atoms with E-state index in [0.29, 0.717) is 36.2 Å². The maximum absolute atomic E-state index is 13.2. The first-order valence-electron chi connectivity index (χ1n) is 10.3. The van der Waals surface area contributed by atoms with Gasteiger partial charge in [-0.3, -0.25) is 4.79 Å². The molecule has 0 atom stereocenters. The number of hydrogen-bond donors (Lipinski definition) is 1. The van der Waals surface area contributed by atoms with Crippen molar-refractivity contribution in [2.75, 3.05) is 31.6 Å². The molecule has 9 heteroatoms. The molecule has 1 fully saturated rings. The Balaban J connectivity index is 1.75. The zero-order valence-corrected chi connectivity index (χ0v) is 19.3. The molecule has 0 aromatic heterocycles. The van der Waals surface area contributed by atoms with E-state index in [1.807, 2.05) is 6.92 Å². The number of amides is 1. The Labute approximate surface area is 188 Å². The standard InChI is InChI=1S/C22H27ClN2O5S/c1-3-29-20-10-8-18(14-21(20)31(27,28)25-11-5-4-6-12-25)24-22(26)15-30-19-9-7-17(23)13-16(19)2/h7-10,13-14H,3-6,11-12,15H2,1-2H3,(H,24,26). The van der Waals surface area contributed by atoms with E-state index in [9.17, 15) is 13.2 Å². The van der Waals surface area contributed by atoms with Gasteiger partial charge >= 0.3 is 0 Å². The number of sulfonamides is 1. The van der Waals surface area contributed by atoms with Crippen LogP contribution >= 0.6 is 11.6 Å². The molecule has 2 aromatic carbocycles. The lowest BCUT2D eigenvalue weighted by Gasteiger charge is -2.27. The highest BCUT2D eigenvalue weighted by molar-refractivity contribution is 7.89. The molecule has 168 valence electrons. The number of nitrogens with one attached hydrogen (secondary N) is 1. The number of piperidine rings is 1. The molecular weight excluding hydrogens is 440 g/mol. The molecular formula is C22H27ClN2O5S. The van der Waals surface area contributed by atoms with Gasteiger partial charge in [0.1, 0.15) is 16.4 Å². The van der Waals surface area contributed by atoms with E-state index in [1.54, 1.807) is 37.3 Å². The van der Waals surface area contributed by atoms with Crippen LogP contribution in [-0.4, -0.2) is 44.9 Å². The molecule has 0 saturated carbocycles. The Kier molecular flexibility index (Phi) is 7.80. The monoisotopic (exact) mass is 466 g/mol. The van der Waals surface area contributed by atoms with Gasteiger partial charge in [0.25, 0.3) is 5.91 Å². The second kappa shape index (κ2) is 10.3. The van der Waals surface area contributed by atoms with Gasteiger partial charge in [0.05, 0.1) is 6.61 Å². The number of halogens is 1. The highest BCUT2D eigenvalue weighted by Gasteiger charge is 2.29. The topological polar surface area (TPSA) is 84.9 Å². The normalized spacial score (nSPS) is 14.8. The van der Waals surface area contributed by atoms with Crippen LogP contribution in [0.15, 0.2) is 41.3 Å². The van der Waals surface area contributed by atoms with E-state index in [2.05, 4.69) is 5.32 Å². The third-order valence-corrected chi connectivity index (χ3v) is 7.11. The predicted octanol–water partition coefficient (Wildman–Crippen LogP) is 4.24. The van der Waals surface area contributed by atoms with Crippen LogP contribution in [0.3, 0.4) is 0 Å². The van der Waals surface area contributed by atoms with E-state index in [1.165, 1.54) is 10.4 Å². The van der Waals surface area contributed by atoms with Crippen LogP contribution in [0.25, 0.3) is 0 Å². The van der Waals surface area contributed by atoms with Crippen molar-refractivity contribution in [1.29, 1.82) is 0 Å². The number of nitrogens with zero attached hydrogens (tertiary/aromatic N) is 1. The first-order valence-corrected chi connectivity index (χ1v) is 12.1. The number of rotatable bonds is 8. The van der Waals surface area contributed by atoms with Crippen LogP contribution in [0, 0.1) is 6.92 Å². The molecule has 1 amide bonds. The van der Waals surface area contributed by atoms with Gasteiger partial charge in [0.15, 0.2) is 6.61 Å². The number of carbonyl (C=O) groups excluding carboxylic acids is 1. The van der Waals surface area contributed by atoms with Gasteiger partial charge in [-0.25, -0.2) is 8.42 Å². The minimum Gasteiger partial charge on any atom is -0.492 e. The van der Waals surface area contributed by atoms with E-state index >= 15 is 0 Å². The number of ether oxygens (including phenoxy) is 2. The molecule has 31 heavy (non-hydrogen) atoms. The van der Waals surface area contributed by atoms with E-state index in [-0.39, 0.29) is 17.3 Å². The molecule has 0 radical (unpaired) electrons. The lowest BCUT2D eigenvalue weighted by Crippen LogP contribution is -2.35. The molecule has 1 N–H and O–H groups in total. The van der Waals surface area contributed by atoms with E-state index < -0.39 is 15.9 Å². The van der Waals surface area contributed by atoms with Crippen LogP contribution in [0.2, 0.25) is 5.02 Å². The minimum atomic E-state index is -3.72. The Morgan fingerprint density at radius 1 is 1.06 bits per heavy atom. The van der Waals surface area contributed by atoms with Crippen molar-refractivity contribution < 1.29 is 22.7 Å². The van der Waals surface area contributed by atoms with Crippen LogP contribution in [-0.2, 0) is 14.8 Å². The summed E-state index contributed by atoms with van der Waals surface area (Å²) < 4.78 is 39.0. The van der Waals surface area contributed by atoms with Crippen molar-refractivity contribution >= 4 is 33.2 Å². The molecule has 7 nitrogen and oxygen atoms in total. The second-order valence-electron chi connectivity index (χ2n) is 7.31. The smallest absolute Gasteiger partial charge is 0.262 e. The Morgan fingerprint density at radius 3 is 2.45 bits per heavy atom. The minimum absolute atomic E-state index is 0.0588. The summed E-state index contributed by atoms with van der Waals surface area (Å²) in [6.07, 6.45) is 2.69. The fourth-order valence-corrected chi connectivity index (χ4v) is 5.32. The summed E-state index contributed by atoms with van der Waals surface area (Å²) in [5.41, 5.74) is 1.18. The average Bonchev–Trinajstić information content (AvgIpc) is 2.75. The van der Waals surface area contributed by atoms with Gasteiger partial charge in [-0.15, -0.1) is 0 Å². The predicted molar refractivity (Wildman–Crippen MR) is 121 cm³/mol. The third kappa shape index (κ3) is 5.90. The molecule has 1 saturated heterocycles. The molecule has 0 unspecified atom stereocenters. The van der Waals surface area contributed by atoms with Gasteiger partial charge in [-0.1, -0.05) is 18.0 Å². The highest BCUT2D eigenvalue weighted by Crippen LogP contribution is 2.31. The SMILES string of the molecule is CCOc1ccc(NC(=O)COc2ccc(Cl)cc2C)cc1S(=O)(=O)N1CCCCC1. The molecule has 0 spiro atoms. The number of carbonyl (C=O) groups is 1. The van der Waals surface area contributed by atoms with Crippen molar-refractivity contribution in [3.05, 3.63) is 47.0 Å². The molecule has 0 aliphatic carbocycles. The maximum Gasteiger partial charge on any atom is 0.262 e. The Hall–Kier alpha value is -2.29. The molecule has 1 aliphatic rings. The summed E-state index contributed by atoms with van der Waals surface area (Å²) in [5, 5.41) is 3.29. The number of benzene rings is 2. The second-order valence-corrected chi connectivity index (χ2v) is 9.65. The van der Waals surface area contributed by atoms with Gasteiger partial charge in [-0.05, 0) is 68.7 Å². The number of anilines is 1. The largest absolute Gasteiger partial charge is 0.492 e. The zero-order chi connectivity index (χ0) is 22.4. The fourth-order valence-electron chi connectivity index (χ4n) is 3.42. The summed E-state index contributed by atoms with van der Waals surface area (Å²) in [6.45, 7) is 4.72. The van der Waals surface area contributed by atoms with Crippen molar-refractivity contribution in [1.82, 2.24) is 4.31 Å². The van der Waals surface area contributed by atoms with E-state index in [0.717, 1.165) is 24.8 Å². The molecule has 1 aliphatic heterocycles. The summed E-state index contributed by atoms with van der Waals surface area (Å²) >= 11 is 5.93. The number of aryl methyl sites for hydroxylation is 1. The fraction of sp³-hybridized carbons (Fsp3) is 0.409. The Bertz CT molecular complexity index is 1040. The first-order chi connectivity index (χ1) is 14.8. The van der Waals surface area contributed by atoms with Gasteiger partial charge < -0.3 is 14.8 Å². The molecule has 0 bridgehead atoms. The van der Waals surface area contributed by atoms with Crippen molar-refractivity contribution in [3.63, 3.8) is 0 Å². The van der Waals surface area contributed by atoms with E-state index in [4.69, 9.17) is 21.1 Å². The first kappa shape index (κ1) is 23.4. The lowest BCUT2D eigenvalue weighted by atomic mass is 10.2. The third-order valence-electron chi connectivity index (χ3n) is 4.96. The van der Waals surface area contributed by atoms with Crippen LogP contribution in [0.1, 0.15) is 31.7 Å². The zero-order valence-electron chi connectivity index (χ0n) is 17.7. The van der Waals surface area contributed by atoms with Crippen LogP contribution in [0.5, 0.6) is 11.5 Å². The van der Waals surface area contributed by atoms with Gasteiger partial charge in [0, 0.05) is 23.8 Å². The lowest BCUT2D eigenvalue weighted by molar-refractivity contribution is -0.118. The van der Waals surface area contributed by atoms with Crippen molar-refractivity contribution in [2.24, 2.45) is 0 Å². The van der Waals surface area contributed by atoms with Crippen molar-refractivity contribution in [2.45, 2.75) is 38.0 Å². The summed E-state index contributed by atoms with van der Waals surface area (Å²) in [6, 6.07) is 9.77.